The summed E-state index contributed by atoms with van der Waals surface area (Å²) >= 11 is 0. The van der Waals surface area contributed by atoms with Crippen molar-refractivity contribution in [3.8, 4) is 5.75 Å². The van der Waals surface area contributed by atoms with E-state index in [4.69, 9.17) is 4.74 Å². The maximum atomic E-state index is 12.1. The zero-order valence-electron chi connectivity index (χ0n) is 12.9. The summed E-state index contributed by atoms with van der Waals surface area (Å²) in [6, 6.07) is 17.0. The van der Waals surface area contributed by atoms with Crippen molar-refractivity contribution in [2.24, 2.45) is 5.92 Å². The minimum Gasteiger partial charge on any atom is -0.508 e. The first-order valence-electron chi connectivity index (χ1n) is 7.94. The number of hydrogen-bond donors (Lipinski definition) is 2. The summed E-state index contributed by atoms with van der Waals surface area (Å²) in [5, 5.41) is 12.7. The van der Waals surface area contributed by atoms with E-state index in [9.17, 15) is 9.90 Å². The van der Waals surface area contributed by atoms with Crippen LogP contribution in [0.4, 0.5) is 0 Å². The van der Waals surface area contributed by atoms with Gasteiger partial charge in [0.25, 0.3) is 0 Å². The van der Waals surface area contributed by atoms with Crippen molar-refractivity contribution in [3.63, 3.8) is 0 Å². The lowest BCUT2D eigenvalue weighted by Gasteiger charge is -2.19. The van der Waals surface area contributed by atoms with E-state index in [1.165, 1.54) is 0 Å². The van der Waals surface area contributed by atoms with Gasteiger partial charge in [-0.15, -0.1) is 0 Å². The fourth-order valence-electron chi connectivity index (χ4n) is 2.99. The number of phenols is 1. The molecule has 0 unspecified atom stereocenters. The first kappa shape index (κ1) is 15.6. The van der Waals surface area contributed by atoms with Crippen molar-refractivity contribution in [1.29, 1.82) is 0 Å². The molecule has 2 aromatic rings. The van der Waals surface area contributed by atoms with Crippen LogP contribution in [0.2, 0.25) is 0 Å². The van der Waals surface area contributed by atoms with Gasteiger partial charge in [0.2, 0.25) is 5.91 Å². The second kappa shape index (κ2) is 7.29. The number of hydrogen-bond acceptors (Lipinski definition) is 3. The van der Waals surface area contributed by atoms with E-state index in [0.717, 1.165) is 18.6 Å². The molecule has 23 heavy (non-hydrogen) atoms. The minimum absolute atomic E-state index is 0.0432. The highest BCUT2D eigenvalue weighted by atomic mass is 16.5. The molecule has 1 aliphatic rings. The van der Waals surface area contributed by atoms with Crippen LogP contribution in [0, 0.1) is 5.92 Å². The van der Waals surface area contributed by atoms with Gasteiger partial charge in [0.05, 0.1) is 12.5 Å². The van der Waals surface area contributed by atoms with E-state index < -0.39 is 0 Å². The summed E-state index contributed by atoms with van der Waals surface area (Å²) in [5.41, 5.74) is 1.80. The quantitative estimate of drug-likeness (QED) is 0.892. The summed E-state index contributed by atoms with van der Waals surface area (Å²) in [7, 11) is 0. The van der Waals surface area contributed by atoms with Gasteiger partial charge in [-0.2, -0.15) is 0 Å². The van der Waals surface area contributed by atoms with E-state index >= 15 is 0 Å². The molecular weight excluding hydrogens is 290 g/mol. The van der Waals surface area contributed by atoms with Gasteiger partial charge >= 0.3 is 0 Å². The van der Waals surface area contributed by atoms with Crippen molar-refractivity contribution < 1.29 is 14.6 Å². The molecule has 1 amide bonds. The molecule has 0 radical (unpaired) electrons. The Kier molecular flexibility index (Phi) is 4.93. The molecule has 0 aliphatic carbocycles. The molecule has 1 saturated heterocycles. The molecule has 1 heterocycles. The molecule has 2 atom stereocenters. The number of ether oxygens (including phenoxy) is 1. The van der Waals surface area contributed by atoms with Crippen LogP contribution in [0.3, 0.4) is 0 Å². The number of phenolic OH excluding ortho intramolecular Hbond substituents is 1. The largest absolute Gasteiger partial charge is 0.508 e. The Labute approximate surface area is 136 Å². The highest BCUT2D eigenvalue weighted by molar-refractivity contribution is 5.79. The minimum atomic E-state index is -0.0785. The molecule has 4 nitrogen and oxygen atoms in total. The maximum Gasteiger partial charge on any atom is 0.224 e. The highest BCUT2D eigenvalue weighted by Crippen LogP contribution is 2.33. The van der Waals surface area contributed by atoms with Crippen LogP contribution in [-0.2, 0) is 16.0 Å². The van der Waals surface area contributed by atoms with Crippen molar-refractivity contribution in [3.05, 3.63) is 65.7 Å². The number of amides is 1. The van der Waals surface area contributed by atoms with Gasteiger partial charge in [-0.25, -0.2) is 0 Å². The molecule has 1 fully saturated rings. The third-order valence-electron chi connectivity index (χ3n) is 4.25. The van der Waals surface area contributed by atoms with E-state index in [2.05, 4.69) is 17.4 Å². The van der Waals surface area contributed by atoms with Crippen molar-refractivity contribution in [2.45, 2.75) is 18.9 Å². The summed E-state index contributed by atoms with van der Waals surface area (Å²) in [6.45, 7) is 1.31. The molecular formula is C19H21NO3. The average Bonchev–Trinajstić information content (AvgIpc) is 3.04. The Balaban J connectivity index is 1.55. The Hall–Kier alpha value is -2.33. The van der Waals surface area contributed by atoms with Gasteiger partial charge in [-0.05, 0) is 18.1 Å². The molecule has 120 valence electrons. The van der Waals surface area contributed by atoms with Crippen molar-refractivity contribution in [1.82, 2.24) is 5.32 Å². The van der Waals surface area contributed by atoms with E-state index in [1.54, 1.807) is 18.2 Å². The Morgan fingerprint density at radius 2 is 1.87 bits per heavy atom. The van der Waals surface area contributed by atoms with Crippen LogP contribution in [0.15, 0.2) is 54.6 Å². The predicted octanol–water partition coefficient (Wildman–Crippen LogP) is 2.83. The number of carbonyl (C=O) groups is 1. The number of carbonyl (C=O) groups excluding carboxylic acids is 1. The second-order valence-electron chi connectivity index (χ2n) is 5.86. The Morgan fingerprint density at radius 1 is 1.13 bits per heavy atom. The standard InChI is InChI=1S/C19H21NO3/c21-17-9-5-4-8-15(17)12-18(22)20-13-16-10-11-23-19(16)14-6-2-1-3-7-14/h1-9,16,19,21H,10-13H2,(H,20,22)/t16-,19-/m0/s1. The molecule has 0 spiro atoms. The summed E-state index contributed by atoms with van der Waals surface area (Å²) in [5.74, 6) is 0.366. The van der Waals surface area contributed by atoms with Crippen LogP contribution in [0.5, 0.6) is 5.75 Å². The molecule has 0 aromatic heterocycles. The Bertz CT molecular complexity index is 657. The second-order valence-corrected chi connectivity index (χ2v) is 5.86. The normalized spacial score (nSPS) is 20.3. The van der Waals surface area contributed by atoms with E-state index in [1.807, 2.05) is 24.3 Å². The van der Waals surface area contributed by atoms with Gasteiger partial charge in [0, 0.05) is 24.6 Å². The first-order chi connectivity index (χ1) is 11.2. The van der Waals surface area contributed by atoms with Gasteiger partial charge < -0.3 is 15.2 Å². The smallest absolute Gasteiger partial charge is 0.224 e. The lowest BCUT2D eigenvalue weighted by molar-refractivity contribution is -0.120. The topological polar surface area (TPSA) is 58.6 Å². The van der Waals surface area contributed by atoms with Gasteiger partial charge in [-0.1, -0.05) is 48.5 Å². The van der Waals surface area contributed by atoms with Gasteiger partial charge in [-0.3, -0.25) is 4.79 Å². The molecule has 1 aliphatic heterocycles. The molecule has 3 rings (SSSR count). The number of para-hydroxylation sites is 1. The average molecular weight is 311 g/mol. The van der Waals surface area contributed by atoms with Gasteiger partial charge in [0.15, 0.2) is 0 Å². The van der Waals surface area contributed by atoms with E-state index in [-0.39, 0.29) is 30.1 Å². The Morgan fingerprint density at radius 3 is 2.65 bits per heavy atom. The van der Waals surface area contributed by atoms with Crippen LogP contribution in [-0.4, -0.2) is 24.2 Å². The number of aromatic hydroxyl groups is 1. The predicted molar refractivity (Wildman–Crippen MR) is 88.1 cm³/mol. The lowest BCUT2D eigenvalue weighted by Crippen LogP contribution is -2.31. The fraction of sp³-hybridized carbons (Fsp3) is 0.316. The molecule has 0 saturated carbocycles. The fourth-order valence-corrected chi connectivity index (χ4v) is 2.99. The monoisotopic (exact) mass is 311 g/mol. The number of nitrogens with one attached hydrogen (secondary N) is 1. The third-order valence-corrected chi connectivity index (χ3v) is 4.25. The highest BCUT2D eigenvalue weighted by Gasteiger charge is 2.29. The zero-order valence-corrected chi connectivity index (χ0v) is 12.9. The summed E-state index contributed by atoms with van der Waals surface area (Å²) in [6.07, 6.45) is 1.17. The van der Waals surface area contributed by atoms with Crippen LogP contribution < -0.4 is 5.32 Å². The van der Waals surface area contributed by atoms with Crippen molar-refractivity contribution >= 4 is 5.91 Å². The number of benzene rings is 2. The third kappa shape index (κ3) is 3.90. The van der Waals surface area contributed by atoms with Crippen molar-refractivity contribution in [2.75, 3.05) is 13.2 Å². The molecule has 2 N–H and O–H groups in total. The van der Waals surface area contributed by atoms with Crippen LogP contribution in [0.25, 0.3) is 0 Å². The van der Waals surface area contributed by atoms with Gasteiger partial charge in [0.1, 0.15) is 5.75 Å². The summed E-state index contributed by atoms with van der Waals surface area (Å²) in [4.78, 5) is 12.1. The molecule has 4 heteroatoms. The molecule has 0 bridgehead atoms. The lowest BCUT2D eigenvalue weighted by atomic mass is 9.95. The maximum absolute atomic E-state index is 12.1. The van der Waals surface area contributed by atoms with Crippen LogP contribution >= 0.6 is 0 Å². The van der Waals surface area contributed by atoms with E-state index in [0.29, 0.717) is 12.1 Å². The first-order valence-corrected chi connectivity index (χ1v) is 7.94. The SMILES string of the molecule is O=C(Cc1ccccc1O)NC[C@@H]1CCO[C@H]1c1ccccc1. The van der Waals surface area contributed by atoms with Crippen LogP contribution in [0.1, 0.15) is 23.7 Å². The number of rotatable bonds is 5. The summed E-state index contributed by atoms with van der Waals surface area (Å²) < 4.78 is 5.83. The zero-order chi connectivity index (χ0) is 16.1. The molecule has 2 aromatic carbocycles.